The molecule has 0 saturated heterocycles. The molecule has 3 rings (SSSR count). The van der Waals surface area contributed by atoms with Crippen LogP contribution in [0.5, 0.6) is 0 Å². The average molecular weight is 330 g/mol. The molecule has 120 valence electrons. The van der Waals surface area contributed by atoms with E-state index in [-0.39, 0.29) is 0 Å². The Balaban J connectivity index is 0.000000647. The molecule has 0 atom stereocenters. The van der Waals surface area contributed by atoms with Gasteiger partial charge in [0, 0.05) is 11.3 Å². The second kappa shape index (κ2) is 10.4. The SMILES string of the molecule is [CH3][AlH][CH3].c1ccc(/N=C(/Nc2ccccc2)c2ccccc2)cc1. The van der Waals surface area contributed by atoms with E-state index >= 15 is 0 Å². The van der Waals surface area contributed by atoms with Gasteiger partial charge in [-0.05, 0) is 24.3 Å². The predicted octanol–water partition coefficient (Wildman–Crippen LogP) is 5.40. The van der Waals surface area contributed by atoms with E-state index in [1.54, 1.807) is 0 Å². The zero-order valence-corrected chi connectivity index (χ0v) is 15.7. The Kier molecular flexibility index (Phi) is 7.83. The van der Waals surface area contributed by atoms with Crippen molar-refractivity contribution in [2.24, 2.45) is 4.99 Å². The quantitative estimate of drug-likeness (QED) is 0.388. The van der Waals surface area contributed by atoms with Crippen LogP contribution >= 0.6 is 0 Å². The van der Waals surface area contributed by atoms with Gasteiger partial charge in [-0.1, -0.05) is 66.7 Å². The fourth-order valence-electron chi connectivity index (χ4n) is 2.05. The van der Waals surface area contributed by atoms with Crippen LogP contribution in [0.25, 0.3) is 0 Å². The predicted molar refractivity (Wildman–Crippen MR) is 108 cm³/mol. The van der Waals surface area contributed by atoms with E-state index in [0.717, 1.165) is 22.8 Å². The van der Waals surface area contributed by atoms with Crippen molar-refractivity contribution in [3.05, 3.63) is 96.6 Å². The van der Waals surface area contributed by atoms with Crippen molar-refractivity contribution in [2.75, 3.05) is 5.32 Å². The first-order valence-corrected chi connectivity index (χ1v) is 11.2. The number of hydrogen-bond acceptors (Lipinski definition) is 1. The smallest absolute Gasteiger partial charge is 0.229 e. The molecule has 0 aromatic heterocycles. The maximum Gasteiger partial charge on any atom is 0.229 e. The topological polar surface area (TPSA) is 24.4 Å². The Bertz CT molecular complexity index is 726. The van der Waals surface area contributed by atoms with Crippen LogP contribution in [-0.2, 0) is 0 Å². The van der Waals surface area contributed by atoms with Crippen LogP contribution in [0.2, 0.25) is 11.6 Å². The molecule has 24 heavy (non-hydrogen) atoms. The van der Waals surface area contributed by atoms with Gasteiger partial charge >= 0.3 is 0 Å². The highest BCUT2D eigenvalue weighted by molar-refractivity contribution is 6.31. The van der Waals surface area contributed by atoms with E-state index in [1.807, 2.05) is 78.9 Å². The third kappa shape index (κ3) is 6.04. The molecule has 0 spiro atoms. The summed E-state index contributed by atoms with van der Waals surface area (Å²) in [5, 5.41) is 3.39. The van der Waals surface area contributed by atoms with Crippen molar-refractivity contribution >= 4 is 32.4 Å². The Hall–Kier alpha value is -2.34. The molecule has 0 aliphatic carbocycles. The van der Waals surface area contributed by atoms with E-state index in [4.69, 9.17) is 4.99 Å². The standard InChI is InChI=1S/C19H16N2.2CH3.Al.H/c1-4-10-16(11-5-1)19(20-17-12-6-2-7-13-17)21-18-14-8-3-9-15-18;;;;/h1-15H,(H,20,21);2*1H3;;. The maximum atomic E-state index is 4.73. The maximum absolute atomic E-state index is 4.73. The molecule has 0 amide bonds. The highest BCUT2D eigenvalue weighted by Crippen LogP contribution is 2.15. The minimum atomic E-state index is 0.417. The van der Waals surface area contributed by atoms with Gasteiger partial charge < -0.3 is 5.32 Å². The summed E-state index contributed by atoms with van der Waals surface area (Å²) >= 11 is 0.417. The van der Waals surface area contributed by atoms with Gasteiger partial charge in [0.2, 0.25) is 15.2 Å². The van der Waals surface area contributed by atoms with Crippen LogP contribution in [-0.4, -0.2) is 21.1 Å². The molecule has 2 nitrogen and oxygen atoms in total. The summed E-state index contributed by atoms with van der Waals surface area (Å²) in [7, 11) is 0. The molecule has 3 aromatic rings. The molecule has 0 bridgehead atoms. The molecule has 0 fully saturated rings. The molecular weight excluding hydrogens is 307 g/mol. The number of para-hydroxylation sites is 2. The van der Waals surface area contributed by atoms with Crippen LogP contribution in [0.1, 0.15) is 5.56 Å². The Labute approximate surface area is 151 Å². The minimum Gasteiger partial charge on any atom is -0.340 e. The summed E-state index contributed by atoms with van der Waals surface area (Å²) in [6.45, 7) is 0. The van der Waals surface area contributed by atoms with Crippen molar-refractivity contribution in [3.8, 4) is 0 Å². The average Bonchev–Trinajstić information content (AvgIpc) is 2.64. The summed E-state index contributed by atoms with van der Waals surface area (Å²) < 4.78 is 0. The zero-order valence-electron chi connectivity index (χ0n) is 14.3. The number of aliphatic imine (C=N–C) groups is 1. The molecule has 0 unspecified atom stereocenters. The van der Waals surface area contributed by atoms with Crippen molar-refractivity contribution in [1.82, 2.24) is 0 Å². The van der Waals surface area contributed by atoms with Crippen LogP contribution in [0.15, 0.2) is 96.0 Å². The summed E-state index contributed by atoms with van der Waals surface area (Å²) in [5.41, 5.74) is 3.01. The normalized spacial score (nSPS) is 10.3. The molecule has 0 heterocycles. The van der Waals surface area contributed by atoms with E-state index in [1.165, 1.54) is 0 Å². The molecule has 0 aliphatic rings. The van der Waals surface area contributed by atoms with Gasteiger partial charge in [0.1, 0.15) is 5.84 Å². The van der Waals surface area contributed by atoms with Crippen LogP contribution in [0.4, 0.5) is 11.4 Å². The number of anilines is 1. The fraction of sp³-hybridized carbons (Fsp3) is 0.0952. The van der Waals surface area contributed by atoms with Crippen LogP contribution in [0, 0.1) is 0 Å². The molecule has 0 aliphatic heterocycles. The first-order chi connectivity index (χ1) is 11.8. The Morgan fingerprint density at radius 3 is 1.71 bits per heavy atom. The number of amidine groups is 1. The lowest BCUT2D eigenvalue weighted by Crippen LogP contribution is -2.13. The number of nitrogens with one attached hydrogen (secondary N) is 1. The van der Waals surface area contributed by atoms with E-state index in [9.17, 15) is 0 Å². The summed E-state index contributed by atoms with van der Waals surface area (Å²) in [6.07, 6.45) is 0. The first-order valence-electron chi connectivity index (χ1n) is 8.34. The number of benzene rings is 3. The summed E-state index contributed by atoms with van der Waals surface area (Å²) in [6, 6.07) is 30.2. The van der Waals surface area contributed by atoms with Gasteiger partial charge in [-0.15, -0.1) is 11.6 Å². The lowest BCUT2D eigenvalue weighted by Gasteiger charge is -2.10. The third-order valence-electron chi connectivity index (χ3n) is 3.08. The van der Waals surface area contributed by atoms with E-state index in [0.29, 0.717) is 15.2 Å². The van der Waals surface area contributed by atoms with Crippen LogP contribution < -0.4 is 5.32 Å². The molecule has 0 radical (unpaired) electrons. The second-order valence-electron chi connectivity index (χ2n) is 5.36. The minimum absolute atomic E-state index is 0.417. The van der Waals surface area contributed by atoms with Crippen molar-refractivity contribution in [2.45, 2.75) is 11.6 Å². The second-order valence-corrected chi connectivity index (χ2v) is 6.77. The van der Waals surface area contributed by atoms with Gasteiger partial charge in [0.15, 0.2) is 0 Å². The number of rotatable bonds is 3. The summed E-state index contributed by atoms with van der Waals surface area (Å²) in [5.74, 6) is 5.37. The summed E-state index contributed by atoms with van der Waals surface area (Å²) in [4.78, 5) is 4.73. The van der Waals surface area contributed by atoms with Crippen molar-refractivity contribution in [3.63, 3.8) is 0 Å². The number of hydrogen-bond donors (Lipinski definition) is 1. The molecule has 1 N–H and O–H groups in total. The molecule has 0 saturated carbocycles. The molecule has 3 heteroatoms. The fourth-order valence-corrected chi connectivity index (χ4v) is 2.05. The van der Waals surface area contributed by atoms with Crippen LogP contribution in [0.3, 0.4) is 0 Å². The zero-order chi connectivity index (χ0) is 17.0. The van der Waals surface area contributed by atoms with Gasteiger partial charge in [-0.3, -0.25) is 0 Å². The molecular formula is C21H23AlN2. The van der Waals surface area contributed by atoms with Crippen molar-refractivity contribution < 1.29 is 0 Å². The Morgan fingerprint density at radius 2 is 1.17 bits per heavy atom. The lowest BCUT2D eigenvalue weighted by molar-refractivity contribution is 1.46. The molecule has 3 aromatic carbocycles. The van der Waals surface area contributed by atoms with Gasteiger partial charge in [0.05, 0.1) is 5.69 Å². The van der Waals surface area contributed by atoms with Gasteiger partial charge in [-0.25, -0.2) is 4.99 Å². The third-order valence-corrected chi connectivity index (χ3v) is 3.08. The number of nitrogens with zero attached hydrogens (tertiary/aromatic N) is 1. The van der Waals surface area contributed by atoms with Gasteiger partial charge in [0.25, 0.3) is 0 Å². The largest absolute Gasteiger partial charge is 0.340 e. The van der Waals surface area contributed by atoms with E-state index < -0.39 is 0 Å². The van der Waals surface area contributed by atoms with E-state index in [2.05, 4.69) is 29.0 Å². The van der Waals surface area contributed by atoms with Crippen molar-refractivity contribution in [1.29, 1.82) is 0 Å². The monoisotopic (exact) mass is 330 g/mol. The Morgan fingerprint density at radius 1 is 0.708 bits per heavy atom. The van der Waals surface area contributed by atoms with Gasteiger partial charge in [-0.2, -0.15) is 0 Å². The first kappa shape index (κ1) is 18.0. The highest BCUT2D eigenvalue weighted by atomic mass is 27.1. The highest BCUT2D eigenvalue weighted by Gasteiger charge is 2.03. The lowest BCUT2D eigenvalue weighted by atomic mass is 10.2.